The van der Waals surface area contributed by atoms with Crippen LogP contribution >= 0.6 is 23.6 Å². The van der Waals surface area contributed by atoms with Gasteiger partial charge in [-0.15, -0.1) is 11.3 Å². The molecule has 1 aliphatic rings. The molecule has 5 nitrogen and oxygen atoms in total. The first-order valence-electron chi connectivity index (χ1n) is 8.94. The number of hydrogen-bond donors (Lipinski definition) is 2. The molecule has 7 heteroatoms. The van der Waals surface area contributed by atoms with Crippen molar-refractivity contribution in [2.75, 3.05) is 11.9 Å². The number of fused-ring (bicyclic) bond motifs is 1. The zero-order valence-electron chi connectivity index (χ0n) is 14.8. The van der Waals surface area contributed by atoms with Gasteiger partial charge >= 0.3 is 5.97 Å². The summed E-state index contributed by atoms with van der Waals surface area (Å²) in [6.45, 7) is 2.78. The molecular formula is C19H23N3O2S2. The number of ether oxygens (including phenoxy) is 1. The van der Waals surface area contributed by atoms with E-state index in [-0.39, 0.29) is 5.97 Å². The number of anilines is 1. The highest BCUT2D eigenvalue weighted by molar-refractivity contribution is 7.80. The Morgan fingerprint density at radius 2 is 2.19 bits per heavy atom. The Bertz CT molecular complexity index is 775. The fourth-order valence-corrected chi connectivity index (χ4v) is 4.60. The second kappa shape index (κ2) is 9.09. The van der Waals surface area contributed by atoms with Crippen LogP contribution in [-0.2, 0) is 24.1 Å². The minimum absolute atomic E-state index is 0.260. The molecule has 0 aliphatic heterocycles. The van der Waals surface area contributed by atoms with Crippen molar-refractivity contribution in [2.45, 2.75) is 45.6 Å². The van der Waals surface area contributed by atoms with Gasteiger partial charge in [0.2, 0.25) is 0 Å². The Balaban J connectivity index is 1.75. The minimum Gasteiger partial charge on any atom is -0.462 e. The van der Waals surface area contributed by atoms with E-state index >= 15 is 0 Å². The van der Waals surface area contributed by atoms with Crippen molar-refractivity contribution in [1.29, 1.82) is 0 Å². The fourth-order valence-electron chi connectivity index (χ4n) is 3.08. The normalized spacial score (nSPS) is 13.4. The molecule has 3 rings (SSSR count). The van der Waals surface area contributed by atoms with Crippen molar-refractivity contribution < 1.29 is 9.53 Å². The summed E-state index contributed by atoms with van der Waals surface area (Å²) in [6.07, 6.45) is 8.97. The number of esters is 1. The highest BCUT2D eigenvalue weighted by Gasteiger charge is 2.26. The summed E-state index contributed by atoms with van der Waals surface area (Å²) < 4.78 is 5.30. The molecule has 0 spiro atoms. The van der Waals surface area contributed by atoms with E-state index in [9.17, 15) is 4.79 Å². The van der Waals surface area contributed by atoms with Gasteiger partial charge in [-0.2, -0.15) is 0 Å². The molecule has 2 heterocycles. The van der Waals surface area contributed by atoms with Gasteiger partial charge in [-0.1, -0.05) is 12.5 Å². The number of nitrogens with one attached hydrogen (secondary N) is 2. The largest absolute Gasteiger partial charge is 0.462 e. The third kappa shape index (κ3) is 4.59. The van der Waals surface area contributed by atoms with E-state index < -0.39 is 0 Å². The average molecular weight is 390 g/mol. The van der Waals surface area contributed by atoms with Crippen molar-refractivity contribution >= 4 is 39.6 Å². The van der Waals surface area contributed by atoms with Crippen LogP contribution in [0.15, 0.2) is 24.5 Å². The van der Waals surface area contributed by atoms with E-state index in [4.69, 9.17) is 17.0 Å². The van der Waals surface area contributed by atoms with Crippen LogP contribution in [0, 0.1) is 0 Å². The molecule has 0 unspecified atom stereocenters. The number of pyridine rings is 1. The standard InChI is InChI=1S/C19H23N3O2S2/c1-2-24-18(23)16-14-8-4-3-5-9-15(14)26-17(16)22-19(25)21-12-13-7-6-10-20-11-13/h6-7,10-11H,2-5,8-9,12H2,1H3,(H2,21,22,25). The highest BCUT2D eigenvalue weighted by Crippen LogP contribution is 2.38. The SMILES string of the molecule is CCOC(=O)c1c(NC(=S)NCc2cccnc2)sc2c1CCCCC2. The summed E-state index contributed by atoms with van der Waals surface area (Å²) in [5.74, 6) is -0.260. The van der Waals surface area contributed by atoms with Crippen molar-refractivity contribution in [1.82, 2.24) is 10.3 Å². The van der Waals surface area contributed by atoms with Crippen LogP contribution in [0.3, 0.4) is 0 Å². The summed E-state index contributed by atoms with van der Waals surface area (Å²) in [5.41, 5.74) is 2.85. The summed E-state index contributed by atoms with van der Waals surface area (Å²) >= 11 is 7.05. The topological polar surface area (TPSA) is 63.2 Å². The smallest absolute Gasteiger partial charge is 0.341 e. The number of hydrogen-bond acceptors (Lipinski definition) is 5. The summed E-state index contributed by atoms with van der Waals surface area (Å²) in [6, 6.07) is 3.88. The lowest BCUT2D eigenvalue weighted by atomic mass is 10.1. The molecule has 0 saturated heterocycles. The predicted molar refractivity (Wildman–Crippen MR) is 109 cm³/mol. The summed E-state index contributed by atoms with van der Waals surface area (Å²) in [5, 5.41) is 7.68. The first-order valence-corrected chi connectivity index (χ1v) is 10.2. The van der Waals surface area contributed by atoms with E-state index in [0.29, 0.717) is 23.8 Å². The number of rotatable bonds is 5. The van der Waals surface area contributed by atoms with E-state index in [1.807, 2.05) is 19.1 Å². The van der Waals surface area contributed by atoms with Crippen LogP contribution < -0.4 is 10.6 Å². The van der Waals surface area contributed by atoms with Crippen molar-refractivity contribution in [3.05, 3.63) is 46.1 Å². The minimum atomic E-state index is -0.260. The summed E-state index contributed by atoms with van der Waals surface area (Å²) in [7, 11) is 0. The zero-order chi connectivity index (χ0) is 18.4. The lowest BCUT2D eigenvalue weighted by Gasteiger charge is -2.11. The Hall–Kier alpha value is -1.99. The lowest BCUT2D eigenvalue weighted by molar-refractivity contribution is 0.0527. The first-order chi connectivity index (χ1) is 12.7. The maximum absolute atomic E-state index is 12.5. The molecule has 26 heavy (non-hydrogen) atoms. The molecular weight excluding hydrogens is 366 g/mol. The van der Waals surface area contributed by atoms with Gasteiger partial charge in [0, 0.05) is 23.8 Å². The van der Waals surface area contributed by atoms with Gasteiger partial charge in [-0.25, -0.2) is 4.79 Å². The van der Waals surface area contributed by atoms with Crippen molar-refractivity contribution in [2.24, 2.45) is 0 Å². The molecule has 0 amide bonds. The maximum atomic E-state index is 12.5. The fraction of sp³-hybridized carbons (Fsp3) is 0.421. The zero-order valence-corrected chi connectivity index (χ0v) is 16.5. The Kier molecular flexibility index (Phi) is 6.57. The predicted octanol–water partition coefficient (Wildman–Crippen LogP) is 4.08. The van der Waals surface area contributed by atoms with Crippen molar-refractivity contribution in [3.63, 3.8) is 0 Å². The molecule has 2 aromatic rings. The van der Waals surface area contributed by atoms with Gasteiger partial charge in [0.25, 0.3) is 0 Å². The van der Waals surface area contributed by atoms with Gasteiger partial charge in [0.1, 0.15) is 5.00 Å². The number of thiophene rings is 1. The van der Waals surface area contributed by atoms with Gasteiger partial charge < -0.3 is 15.4 Å². The highest BCUT2D eigenvalue weighted by atomic mass is 32.1. The molecule has 0 aromatic carbocycles. The van der Waals surface area contributed by atoms with E-state index in [1.165, 1.54) is 17.7 Å². The Morgan fingerprint density at radius 1 is 1.35 bits per heavy atom. The maximum Gasteiger partial charge on any atom is 0.341 e. The Labute approximate surface area is 163 Å². The van der Waals surface area contributed by atoms with Gasteiger partial charge in [-0.05, 0) is 62.0 Å². The monoisotopic (exact) mass is 389 g/mol. The van der Waals surface area contributed by atoms with E-state index in [1.54, 1.807) is 23.7 Å². The van der Waals surface area contributed by atoms with E-state index in [0.717, 1.165) is 35.4 Å². The quantitative estimate of drug-likeness (QED) is 0.456. The molecule has 0 fully saturated rings. The molecule has 2 N–H and O–H groups in total. The van der Waals surface area contributed by atoms with Crippen LogP contribution in [0.25, 0.3) is 0 Å². The van der Waals surface area contributed by atoms with Crippen molar-refractivity contribution in [3.8, 4) is 0 Å². The third-order valence-electron chi connectivity index (χ3n) is 4.30. The number of carbonyl (C=O) groups excluding carboxylic acids is 1. The molecule has 1 aliphatic carbocycles. The molecule has 0 bridgehead atoms. The van der Waals surface area contributed by atoms with Gasteiger partial charge in [0.15, 0.2) is 5.11 Å². The molecule has 2 aromatic heterocycles. The lowest BCUT2D eigenvalue weighted by Crippen LogP contribution is -2.28. The molecule has 0 atom stereocenters. The van der Waals surface area contributed by atoms with Crippen LogP contribution in [0.5, 0.6) is 0 Å². The number of thiocarbonyl (C=S) groups is 1. The van der Waals surface area contributed by atoms with E-state index in [2.05, 4.69) is 15.6 Å². The first kappa shape index (κ1) is 18.8. The number of nitrogens with zero attached hydrogens (tertiary/aromatic N) is 1. The second-order valence-corrected chi connectivity index (χ2v) is 7.67. The number of aromatic nitrogens is 1. The van der Waals surface area contributed by atoms with Gasteiger partial charge in [-0.3, -0.25) is 4.98 Å². The third-order valence-corrected chi connectivity index (χ3v) is 5.76. The number of carbonyl (C=O) groups is 1. The Morgan fingerprint density at radius 3 is 2.96 bits per heavy atom. The second-order valence-electron chi connectivity index (χ2n) is 6.16. The average Bonchev–Trinajstić information content (AvgIpc) is 2.82. The molecule has 0 saturated carbocycles. The van der Waals surface area contributed by atoms with Crippen LogP contribution in [0.1, 0.15) is 52.5 Å². The summed E-state index contributed by atoms with van der Waals surface area (Å²) in [4.78, 5) is 17.9. The van der Waals surface area contributed by atoms with Crippen LogP contribution in [-0.4, -0.2) is 22.7 Å². The van der Waals surface area contributed by atoms with Crippen LogP contribution in [0.2, 0.25) is 0 Å². The van der Waals surface area contributed by atoms with Gasteiger partial charge in [0.05, 0.1) is 12.2 Å². The molecule has 0 radical (unpaired) electrons. The molecule has 138 valence electrons. The van der Waals surface area contributed by atoms with Crippen LogP contribution in [0.4, 0.5) is 5.00 Å². The number of aryl methyl sites for hydroxylation is 1.